The van der Waals surface area contributed by atoms with Crippen molar-refractivity contribution in [1.29, 1.82) is 0 Å². The summed E-state index contributed by atoms with van der Waals surface area (Å²) in [6.07, 6.45) is 1.17. The molecule has 152 valence electrons. The maximum absolute atomic E-state index is 13.2. The molecule has 7 heteroatoms. The Morgan fingerprint density at radius 3 is 2.55 bits per heavy atom. The van der Waals surface area contributed by atoms with Gasteiger partial charge in [0.1, 0.15) is 13.2 Å². The smallest absolute Gasteiger partial charge is 0.272 e. The van der Waals surface area contributed by atoms with E-state index in [4.69, 9.17) is 14.2 Å². The van der Waals surface area contributed by atoms with Gasteiger partial charge in [-0.3, -0.25) is 14.5 Å². The fourth-order valence-corrected chi connectivity index (χ4v) is 3.45. The Labute approximate surface area is 169 Å². The lowest BCUT2D eigenvalue weighted by atomic mass is 10.2. The number of amides is 2. The summed E-state index contributed by atoms with van der Waals surface area (Å²) in [7, 11) is 0. The van der Waals surface area contributed by atoms with E-state index >= 15 is 0 Å². The van der Waals surface area contributed by atoms with Crippen molar-refractivity contribution in [2.24, 2.45) is 0 Å². The predicted molar refractivity (Wildman–Crippen MR) is 107 cm³/mol. The topological polar surface area (TPSA) is 77.1 Å². The normalized spacial score (nSPS) is 20.1. The Kier molecular flexibility index (Phi) is 5.95. The lowest BCUT2D eigenvalue weighted by Crippen LogP contribution is -2.50. The van der Waals surface area contributed by atoms with E-state index in [0.717, 1.165) is 19.4 Å². The molecular formula is C22H24N2O5. The molecule has 0 saturated carbocycles. The minimum absolute atomic E-state index is 0.0476. The van der Waals surface area contributed by atoms with E-state index in [-0.39, 0.29) is 31.1 Å². The Hall–Kier alpha value is -3.06. The van der Waals surface area contributed by atoms with Crippen LogP contribution in [0.2, 0.25) is 0 Å². The first-order valence-corrected chi connectivity index (χ1v) is 9.84. The molecule has 2 aliphatic rings. The largest absolute Gasteiger partial charge is 0.485 e. The van der Waals surface area contributed by atoms with Crippen molar-refractivity contribution in [2.75, 3.05) is 31.2 Å². The highest BCUT2D eigenvalue weighted by Crippen LogP contribution is 2.31. The van der Waals surface area contributed by atoms with Crippen molar-refractivity contribution < 1.29 is 23.8 Å². The average Bonchev–Trinajstić information content (AvgIpc) is 3.29. The summed E-state index contributed by atoms with van der Waals surface area (Å²) in [5.74, 6) is 0.567. The van der Waals surface area contributed by atoms with Gasteiger partial charge in [0.05, 0.1) is 6.10 Å². The van der Waals surface area contributed by atoms with Gasteiger partial charge in [-0.15, -0.1) is 0 Å². The van der Waals surface area contributed by atoms with Gasteiger partial charge >= 0.3 is 0 Å². The van der Waals surface area contributed by atoms with Gasteiger partial charge in [-0.1, -0.05) is 30.3 Å². The van der Waals surface area contributed by atoms with Gasteiger partial charge < -0.3 is 19.5 Å². The van der Waals surface area contributed by atoms with Crippen molar-refractivity contribution in [3.8, 4) is 11.5 Å². The zero-order valence-corrected chi connectivity index (χ0v) is 16.1. The van der Waals surface area contributed by atoms with E-state index in [2.05, 4.69) is 5.32 Å². The number of para-hydroxylation sites is 3. The Morgan fingerprint density at radius 2 is 1.79 bits per heavy atom. The van der Waals surface area contributed by atoms with Crippen LogP contribution in [0.4, 0.5) is 5.69 Å². The van der Waals surface area contributed by atoms with Crippen LogP contribution in [0.25, 0.3) is 0 Å². The van der Waals surface area contributed by atoms with Crippen LogP contribution in [-0.2, 0) is 14.3 Å². The van der Waals surface area contributed by atoms with Gasteiger partial charge in [0.15, 0.2) is 11.5 Å². The van der Waals surface area contributed by atoms with Gasteiger partial charge in [0.25, 0.3) is 5.91 Å². The van der Waals surface area contributed by atoms with E-state index < -0.39 is 6.10 Å². The second-order valence-electron chi connectivity index (χ2n) is 7.06. The molecule has 1 N–H and O–H groups in total. The summed E-state index contributed by atoms with van der Waals surface area (Å²) in [4.78, 5) is 27.2. The van der Waals surface area contributed by atoms with Gasteiger partial charge in [-0.25, -0.2) is 0 Å². The zero-order valence-electron chi connectivity index (χ0n) is 16.1. The zero-order chi connectivity index (χ0) is 20.1. The number of hydrogen-bond donors (Lipinski definition) is 1. The number of fused-ring (bicyclic) bond motifs is 1. The molecule has 29 heavy (non-hydrogen) atoms. The first-order chi connectivity index (χ1) is 14.2. The van der Waals surface area contributed by atoms with Crippen LogP contribution < -0.4 is 19.7 Å². The average molecular weight is 396 g/mol. The van der Waals surface area contributed by atoms with Crippen LogP contribution in [0, 0.1) is 0 Å². The molecule has 1 fully saturated rings. The molecule has 1 saturated heterocycles. The lowest BCUT2D eigenvalue weighted by Gasteiger charge is -2.30. The molecule has 0 aromatic heterocycles. The Morgan fingerprint density at radius 1 is 1.03 bits per heavy atom. The number of ether oxygens (including phenoxy) is 3. The number of rotatable bonds is 6. The molecule has 0 aliphatic carbocycles. The number of nitrogens with one attached hydrogen (secondary N) is 1. The molecule has 2 aromatic carbocycles. The molecular weight excluding hydrogens is 372 g/mol. The van der Waals surface area contributed by atoms with Gasteiger partial charge in [-0.05, 0) is 37.1 Å². The van der Waals surface area contributed by atoms with Gasteiger partial charge in [0, 0.05) is 18.8 Å². The monoisotopic (exact) mass is 396 g/mol. The molecule has 2 aliphatic heterocycles. The predicted octanol–water partition coefficient (Wildman–Crippen LogP) is 2.15. The maximum Gasteiger partial charge on any atom is 0.272 e. The standard InChI is InChI=1S/C22H24N2O5/c25-21(23-13-17-9-6-12-27-17)14-24(16-7-2-1-3-8-16)22(26)20-15-28-18-10-4-5-11-19(18)29-20/h1-5,7-8,10-11,17,20H,6,9,12-15H2,(H,23,25)/t17-,20+/m0/s1. The third-order valence-electron chi connectivity index (χ3n) is 4.97. The quantitative estimate of drug-likeness (QED) is 0.810. The molecule has 2 atom stereocenters. The van der Waals surface area contributed by atoms with Gasteiger partial charge in [0.2, 0.25) is 12.0 Å². The fourth-order valence-electron chi connectivity index (χ4n) is 3.45. The molecule has 0 radical (unpaired) electrons. The number of nitrogens with zero attached hydrogens (tertiary/aromatic N) is 1. The summed E-state index contributed by atoms with van der Waals surface area (Å²) in [5, 5.41) is 2.87. The van der Waals surface area contributed by atoms with Crippen molar-refractivity contribution in [2.45, 2.75) is 25.0 Å². The summed E-state index contributed by atoms with van der Waals surface area (Å²) in [6, 6.07) is 16.3. The van der Waals surface area contributed by atoms with E-state index in [9.17, 15) is 9.59 Å². The molecule has 0 unspecified atom stereocenters. The molecule has 4 rings (SSSR count). The number of carbonyl (C=O) groups excluding carboxylic acids is 2. The van der Waals surface area contributed by atoms with E-state index in [1.807, 2.05) is 30.3 Å². The highest BCUT2D eigenvalue weighted by atomic mass is 16.6. The van der Waals surface area contributed by atoms with Crippen LogP contribution >= 0.6 is 0 Å². The molecule has 2 heterocycles. The van der Waals surface area contributed by atoms with E-state index in [1.165, 1.54) is 4.90 Å². The lowest BCUT2D eigenvalue weighted by molar-refractivity contribution is -0.129. The Balaban J connectivity index is 1.45. The minimum atomic E-state index is -0.823. The summed E-state index contributed by atoms with van der Waals surface area (Å²) in [5.41, 5.74) is 0.632. The molecule has 7 nitrogen and oxygen atoms in total. The number of benzene rings is 2. The minimum Gasteiger partial charge on any atom is -0.485 e. The van der Waals surface area contributed by atoms with Crippen molar-refractivity contribution in [1.82, 2.24) is 5.32 Å². The van der Waals surface area contributed by atoms with Crippen LogP contribution in [0.5, 0.6) is 11.5 Å². The number of carbonyl (C=O) groups is 2. The fraction of sp³-hybridized carbons (Fsp3) is 0.364. The third-order valence-corrected chi connectivity index (χ3v) is 4.97. The second kappa shape index (κ2) is 8.96. The summed E-state index contributed by atoms with van der Waals surface area (Å²) < 4.78 is 17.1. The van der Waals surface area contributed by atoms with Crippen molar-refractivity contribution in [3.05, 3.63) is 54.6 Å². The summed E-state index contributed by atoms with van der Waals surface area (Å²) >= 11 is 0. The number of anilines is 1. The second-order valence-corrected chi connectivity index (χ2v) is 7.06. The Bertz CT molecular complexity index is 851. The van der Waals surface area contributed by atoms with E-state index in [1.54, 1.807) is 24.3 Å². The maximum atomic E-state index is 13.2. The third kappa shape index (κ3) is 4.68. The molecule has 0 bridgehead atoms. The highest BCUT2D eigenvalue weighted by molar-refractivity contribution is 6.01. The van der Waals surface area contributed by atoms with Crippen LogP contribution in [0.15, 0.2) is 54.6 Å². The summed E-state index contributed by atoms with van der Waals surface area (Å²) in [6.45, 7) is 1.18. The SMILES string of the molecule is O=C(CN(C(=O)[C@H]1COc2ccccc2O1)c1ccccc1)NC[C@@H]1CCCO1. The van der Waals surface area contributed by atoms with Crippen LogP contribution in [-0.4, -0.2) is 50.3 Å². The molecule has 0 spiro atoms. The van der Waals surface area contributed by atoms with Gasteiger partial charge in [-0.2, -0.15) is 0 Å². The van der Waals surface area contributed by atoms with Crippen molar-refractivity contribution >= 4 is 17.5 Å². The first-order valence-electron chi connectivity index (χ1n) is 9.84. The number of hydrogen-bond acceptors (Lipinski definition) is 5. The molecule has 2 aromatic rings. The first kappa shape index (κ1) is 19.3. The van der Waals surface area contributed by atoms with E-state index in [0.29, 0.717) is 23.7 Å². The highest BCUT2D eigenvalue weighted by Gasteiger charge is 2.33. The van der Waals surface area contributed by atoms with Crippen LogP contribution in [0.1, 0.15) is 12.8 Å². The molecule has 2 amide bonds. The van der Waals surface area contributed by atoms with Crippen molar-refractivity contribution in [3.63, 3.8) is 0 Å². The van der Waals surface area contributed by atoms with Crippen LogP contribution in [0.3, 0.4) is 0 Å².